The van der Waals surface area contributed by atoms with Gasteiger partial charge in [-0.15, -0.1) is 0 Å². The van der Waals surface area contributed by atoms with Crippen molar-refractivity contribution in [3.05, 3.63) is 83.9 Å². The van der Waals surface area contributed by atoms with E-state index in [0.29, 0.717) is 33.6 Å². The number of nitrogens with one attached hydrogen (secondary N) is 3. The smallest absolute Gasteiger partial charge is 0.318 e. The van der Waals surface area contributed by atoms with Crippen molar-refractivity contribution in [2.45, 2.75) is 0 Å². The Morgan fingerprint density at radius 2 is 1.46 bits per heavy atom. The highest BCUT2D eigenvalue weighted by atomic mass is 16.2. The Morgan fingerprint density at radius 3 is 2.18 bits per heavy atom. The average molecular weight is 370 g/mol. The van der Waals surface area contributed by atoms with E-state index < -0.39 is 0 Å². The molecular formula is C22H18N4O2. The molecule has 0 aliphatic carbocycles. The molecule has 0 aliphatic rings. The number of amides is 3. The Morgan fingerprint density at radius 1 is 0.821 bits per heavy atom. The maximum atomic E-state index is 12.9. The van der Waals surface area contributed by atoms with Crippen LogP contribution in [0.25, 0.3) is 11.1 Å². The van der Waals surface area contributed by atoms with Gasteiger partial charge < -0.3 is 16.0 Å². The molecule has 138 valence electrons. The standard InChI is InChI=1S/C22H18N4O2/c1-24-22(28)26-17-9-6-8-16(13-17)25-21(27)20-12-5-4-11-19(20)18-10-3-2-7-15(18)14-23/h2-13H,1H3,(H,25,27)(H2,24,26,28). The summed E-state index contributed by atoms with van der Waals surface area (Å²) in [6, 6.07) is 23.0. The second kappa shape index (κ2) is 8.52. The highest BCUT2D eigenvalue weighted by Gasteiger charge is 2.15. The lowest BCUT2D eigenvalue weighted by molar-refractivity contribution is 0.102. The summed E-state index contributed by atoms with van der Waals surface area (Å²) in [5, 5.41) is 17.4. The van der Waals surface area contributed by atoms with Crippen LogP contribution < -0.4 is 16.0 Å². The fourth-order valence-electron chi connectivity index (χ4n) is 2.80. The normalized spacial score (nSPS) is 9.86. The van der Waals surface area contributed by atoms with Gasteiger partial charge in [0.25, 0.3) is 5.91 Å². The van der Waals surface area contributed by atoms with Crippen molar-refractivity contribution < 1.29 is 9.59 Å². The number of rotatable bonds is 4. The molecule has 3 amide bonds. The number of nitriles is 1. The van der Waals surface area contributed by atoms with Crippen molar-refractivity contribution >= 4 is 23.3 Å². The Balaban J connectivity index is 1.90. The second-order valence-electron chi connectivity index (χ2n) is 5.94. The first-order valence-electron chi connectivity index (χ1n) is 8.61. The van der Waals surface area contributed by atoms with Crippen molar-refractivity contribution in [1.29, 1.82) is 5.26 Å². The number of urea groups is 1. The van der Waals surface area contributed by atoms with Gasteiger partial charge in [-0.1, -0.05) is 42.5 Å². The van der Waals surface area contributed by atoms with Gasteiger partial charge in [-0.2, -0.15) is 5.26 Å². The summed E-state index contributed by atoms with van der Waals surface area (Å²) in [5.74, 6) is -0.305. The molecule has 0 saturated carbocycles. The molecule has 0 aromatic heterocycles. The molecule has 0 unspecified atom stereocenters. The minimum atomic E-state index is -0.345. The highest BCUT2D eigenvalue weighted by Crippen LogP contribution is 2.27. The third-order valence-electron chi connectivity index (χ3n) is 4.11. The van der Waals surface area contributed by atoms with Gasteiger partial charge in [-0.05, 0) is 35.9 Å². The van der Waals surface area contributed by atoms with E-state index in [1.807, 2.05) is 24.3 Å². The monoisotopic (exact) mass is 370 g/mol. The van der Waals surface area contributed by atoms with Crippen LogP contribution in [0.15, 0.2) is 72.8 Å². The third kappa shape index (κ3) is 4.17. The molecule has 0 heterocycles. The van der Waals surface area contributed by atoms with Crippen molar-refractivity contribution in [2.24, 2.45) is 0 Å². The number of carbonyl (C=O) groups is 2. The van der Waals surface area contributed by atoms with Gasteiger partial charge in [-0.25, -0.2) is 4.79 Å². The van der Waals surface area contributed by atoms with Gasteiger partial charge in [-0.3, -0.25) is 4.79 Å². The SMILES string of the molecule is CNC(=O)Nc1cccc(NC(=O)c2ccccc2-c2ccccc2C#N)c1. The number of carbonyl (C=O) groups excluding carboxylic acids is 2. The molecular weight excluding hydrogens is 352 g/mol. The van der Waals surface area contributed by atoms with Crippen LogP contribution >= 0.6 is 0 Å². The molecule has 0 spiro atoms. The number of anilines is 2. The first-order valence-corrected chi connectivity index (χ1v) is 8.61. The molecule has 28 heavy (non-hydrogen) atoms. The fourth-order valence-corrected chi connectivity index (χ4v) is 2.80. The summed E-state index contributed by atoms with van der Waals surface area (Å²) in [4.78, 5) is 24.4. The number of hydrogen-bond donors (Lipinski definition) is 3. The highest BCUT2D eigenvalue weighted by molar-refractivity contribution is 6.09. The van der Waals surface area contributed by atoms with E-state index in [0.717, 1.165) is 0 Å². The fraction of sp³-hybridized carbons (Fsp3) is 0.0455. The number of nitrogens with zero attached hydrogens (tertiary/aromatic N) is 1. The van der Waals surface area contributed by atoms with Crippen molar-refractivity contribution in [3.8, 4) is 17.2 Å². The molecule has 3 rings (SSSR count). The van der Waals surface area contributed by atoms with E-state index in [4.69, 9.17) is 0 Å². The Hall–Kier alpha value is -4.11. The lowest BCUT2D eigenvalue weighted by Crippen LogP contribution is -2.24. The van der Waals surface area contributed by atoms with E-state index in [1.54, 1.807) is 48.5 Å². The molecule has 0 atom stereocenters. The van der Waals surface area contributed by atoms with Crippen LogP contribution in [0.1, 0.15) is 15.9 Å². The van der Waals surface area contributed by atoms with Crippen molar-refractivity contribution in [3.63, 3.8) is 0 Å². The zero-order valence-corrected chi connectivity index (χ0v) is 15.2. The maximum Gasteiger partial charge on any atom is 0.318 e. The molecule has 0 bridgehead atoms. The summed E-state index contributed by atoms with van der Waals surface area (Å²) in [7, 11) is 1.52. The van der Waals surface area contributed by atoms with Crippen LogP contribution in [0.4, 0.5) is 16.2 Å². The van der Waals surface area contributed by atoms with Crippen LogP contribution in [0, 0.1) is 11.3 Å². The Bertz CT molecular complexity index is 1070. The second-order valence-corrected chi connectivity index (χ2v) is 5.94. The van der Waals surface area contributed by atoms with Gasteiger partial charge in [0.15, 0.2) is 0 Å². The van der Waals surface area contributed by atoms with Crippen molar-refractivity contribution in [1.82, 2.24) is 5.32 Å². The molecule has 3 N–H and O–H groups in total. The van der Waals surface area contributed by atoms with Gasteiger partial charge in [0.2, 0.25) is 0 Å². The maximum absolute atomic E-state index is 12.9. The first kappa shape index (κ1) is 18.7. The summed E-state index contributed by atoms with van der Waals surface area (Å²) < 4.78 is 0. The minimum Gasteiger partial charge on any atom is -0.341 e. The van der Waals surface area contributed by atoms with Gasteiger partial charge in [0.05, 0.1) is 11.6 Å². The molecule has 6 nitrogen and oxygen atoms in total. The van der Waals surface area contributed by atoms with E-state index in [2.05, 4.69) is 22.0 Å². The lowest BCUT2D eigenvalue weighted by atomic mass is 9.95. The zero-order chi connectivity index (χ0) is 19.9. The van der Waals surface area contributed by atoms with Gasteiger partial charge in [0, 0.05) is 29.5 Å². The van der Waals surface area contributed by atoms with Gasteiger partial charge in [0.1, 0.15) is 0 Å². The summed E-state index contributed by atoms with van der Waals surface area (Å²) >= 11 is 0. The predicted octanol–water partition coefficient (Wildman–Crippen LogP) is 4.23. The average Bonchev–Trinajstić information content (AvgIpc) is 2.73. The number of benzene rings is 3. The Labute approximate surface area is 162 Å². The summed E-state index contributed by atoms with van der Waals surface area (Å²) in [6.45, 7) is 0. The van der Waals surface area contributed by atoms with E-state index in [1.165, 1.54) is 7.05 Å². The topological polar surface area (TPSA) is 94.0 Å². The van der Waals surface area contributed by atoms with Crippen LogP contribution in [0.5, 0.6) is 0 Å². The molecule has 0 saturated heterocycles. The quantitative estimate of drug-likeness (QED) is 0.641. The van der Waals surface area contributed by atoms with E-state index >= 15 is 0 Å². The molecule has 0 radical (unpaired) electrons. The summed E-state index contributed by atoms with van der Waals surface area (Å²) in [5.41, 5.74) is 3.43. The zero-order valence-electron chi connectivity index (χ0n) is 15.2. The molecule has 3 aromatic rings. The third-order valence-corrected chi connectivity index (χ3v) is 4.11. The van der Waals surface area contributed by atoms with E-state index in [9.17, 15) is 14.9 Å². The Kier molecular flexibility index (Phi) is 5.68. The van der Waals surface area contributed by atoms with Crippen molar-refractivity contribution in [2.75, 3.05) is 17.7 Å². The molecule has 3 aromatic carbocycles. The lowest BCUT2D eigenvalue weighted by Gasteiger charge is -2.12. The largest absolute Gasteiger partial charge is 0.341 e. The molecule has 6 heteroatoms. The molecule has 0 fully saturated rings. The predicted molar refractivity (Wildman–Crippen MR) is 109 cm³/mol. The first-order chi connectivity index (χ1) is 13.6. The van der Waals surface area contributed by atoms with Crippen LogP contribution in [-0.4, -0.2) is 19.0 Å². The van der Waals surface area contributed by atoms with E-state index in [-0.39, 0.29) is 11.9 Å². The summed E-state index contributed by atoms with van der Waals surface area (Å²) in [6.07, 6.45) is 0. The number of hydrogen-bond acceptors (Lipinski definition) is 3. The van der Waals surface area contributed by atoms with Crippen LogP contribution in [-0.2, 0) is 0 Å². The van der Waals surface area contributed by atoms with Gasteiger partial charge >= 0.3 is 6.03 Å². The minimum absolute atomic E-state index is 0.305. The van der Waals surface area contributed by atoms with Crippen LogP contribution in [0.2, 0.25) is 0 Å². The van der Waals surface area contributed by atoms with Crippen LogP contribution in [0.3, 0.4) is 0 Å². The molecule has 0 aliphatic heterocycles.